The van der Waals surface area contributed by atoms with E-state index < -0.39 is 0 Å². The summed E-state index contributed by atoms with van der Waals surface area (Å²) in [4.78, 5) is 10.4. The fourth-order valence-electron chi connectivity index (χ4n) is 8.26. The Morgan fingerprint density at radius 3 is 1.88 bits per heavy atom. The number of fused-ring (bicyclic) bond motifs is 3. The average Bonchev–Trinajstić information content (AvgIpc) is 3.40. The van der Waals surface area contributed by atoms with Crippen LogP contribution in [-0.2, 0) is 0 Å². The lowest BCUT2D eigenvalue weighted by molar-refractivity contribution is 0.641. The molecular formula is C55H45N3. The minimum atomic E-state index is 0.126. The number of allylic oxidation sites excluding steroid dienone is 12. The molecule has 58 heavy (non-hydrogen) atoms. The van der Waals surface area contributed by atoms with Crippen LogP contribution in [-0.4, -0.2) is 14.5 Å². The van der Waals surface area contributed by atoms with Crippen molar-refractivity contribution in [2.75, 3.05) is 0 Å². The molecule has 280 valence electrons. The summed E-state index contributed by atoms with van der Waals surface area (Å²) in [5, 5.41) is 2.53. The van der Waals surface area contributed by atoms with E-state index in [2.05, 4.69) is 225 Å². The molecule has 0 aliphatic heterocycles. The third kappa shape index (κ3) is 7.43. The van der Waals surface area contributed by atoms with Crippen molar-refractivity contribution < 1.29 is 0 Å². The fourth-order valence-corrected chi connectivity index (χ4v) is 8.26. The van der Waals surface area contributed by atoms with E-state index in [1.54, 1.807) is 0 Å². The van der Waals surface area contributed by atoms with Gasteiger partial charge >= 0.3 is 0 Å². The zero-order chi connectivity index (χ0) is 39.3. The lowest BCUT2D eigenvalue weighted by Crippen LogP contribution is -2.15. The molecule has 2 aromatic heterocycles. The summed E-state index contributed by atoms with van der Waals surface area (Å²) in [6.45, 7) is 4.30. The third-order valence-corrected chi connectivity index (χ3v) is 11.2. The Morgan fingerprint density at radius 1 is 0.586 bits per heavy atom. The Labute approximate surface area is 341 Å². The van der Waals surface area contributed by atoms with Crippen LogP contribution in [0, 0.1) is 5.92 Å². The van der Waals surface area contributed by atoms with Gasteiger partial charge in [0, 0.05) is 33.9 Å². The Kier molecular flexibility index (Phi) is 10.4. The maximum atomic E-state index is 5.18. The van der Waals surface area contributed by atoms with Crippen LogP contribution in [0.25, 0.3) is 61.2 Å². The molecule has 0 spiro atoms. The van der Waals surface area contributed by atoms with Crippen LogP contribution in [0.3, 0.4) is 0 Å². The predicted octanol–water partition coefficient (Wildman–Crippen LogP) is 14.3. The molecule has 3 heteroatoms. The van der Waals surface area contributed by atoms with E-state index in [9.17, 15) is 0 Å². The van der Waals surface area contributed by atoms with Gasteiger partial charge in [-0.15, -0.1) is 0 Å². The van der Waals surface area contributed by atoms with E-state index in [4.69, 9.17) is 9.97 Å². The number of hydrogen-bond acceptors (Lipinski definition) is 2. The zero-order valence-electron chi connectivity index (χ0n) is 32.9. The van der Waals surface area contributed by atoms with Gasteiger partial charge < -0.3 is 4.57 Å². The zero-order valence-corrected chi connectivity index (χ0v) is 32.9. The molecule has 0 amide bonds. The molecule has 0 fully saturated rings. The summed E-state index contributed by atoms with van der Waals surface area (Å²) in [5.74, 6) is 1.12. The monoisotopic (exact) mass is 747 g/mol. The molecule has 2 aliphatic carbocycles. The van der Waals surface area contributed by atoms with Crippen LogP contribution >= 0.6 is 0 Å². The Morgan fingerprint density at radius 2 is 1.16 bits per heavy atom. The minimum absolute atomic E-state index is 0.126. The van der Waals surface area contributed by atoms with Crippen LogP contribution in [0.2, 0.25) is 0 Å². The minimum Gasteiger partial charge on any atom is -0.309 e. The largest absolute Gasteiger partial charge is 0.309 e. The standard InChI is InChI=1S/C55H45N3/c1-3-17-47-39(2)18-15-27-48(47)52-38-51(56-55(57-52)45-21-9-6-10-22-45)44-24-16-23-42(32-33-44)40-19-7-4-5-8-20-41(31-30-40)43-34-36-46(37-35-43)58-53-28-13-11-25-49(53)50-26-12-14-29-54(50)58/h3-15,17-38,47-48H,16H2,1-2H3/b5-4?,7-4?,8-5?,17-3-,19-7?,20-8?,31-30?,40-19?,40-30?,41-20?,41-31?. The summed E-state index contributed by atoms with van der Waals surface area (Å²) >= 11 is 0. The Hall–Kier alpha value is -7.10. The highest BCUT2D eigenvalue weighted by atomic mass is 15.0. The van der Waals surface area contributed by atoms with Gasteiger partial charge in [0.15, 0.2) is 5.82 Å². The summed E-state index contributed by atoms with van der Waals surface area (Å²) in [5.41, 5.74) is 13.6. The number of benzene rings is 4. The predicted molar refractivity (Wildman–Crippen MR) is 245 cm³/mol. The topological polar surface area (TPSA) is 30.7 Å². The lowest BCUT2D eigenvalue weighted by atomic mass is 9.80. The van der Waals surface area contributed by atoms with Crippen molar-refractivity contribution in [3.05, 3.63) is 235 Å². The molecule has 0 radical (unpaired) electrons. The van der Waals surface area contributed by atoms with Gasteiger partial charge in [-0.25, -0.2) is 9.97 Å². The van der Waals surface area contributed by atoms with Crippen molar-refractivity contribution in [2.24, 2.45) is 5.92 Å². The van der Waals surface area contributed by atoms with Gasteiger partial charge in [-0.1, -0.05) is 188 Å². The maximum absolute atomic E-state index is 5.18. The molecule has 0 saturated carbocycles. The van der Waals surface area contributed by atoms with E-state index in [1.807, 2.05) is 6.07 Å². The number of para-hydroxylation sites is 2. The number of hydrogen-bond donors (Lipinski definition) is 0. The molecule has 7 aromatic rings. The van der Waals surface area contributed by atoms with Crippen LogP contribution < -0.4 is 0 Å². The van der Waals surface area contributed by atoms with Crippen molar-refractivity contribution in [1.82, 2.24) is 14.5 Å². The molecular weight excluding hydrogens is 703 g/mol. The second-order valence-electron chi connectivity index (χ2n) is 14.9. The molecule has 2 heterocycles. The first-order valence-corrected chi connectivity index (χ1v) is 20.2. The van der Waals surface area contributed by atoms with Gasteiger partial charge in [-0.05, 0) is 78.4 Å². The maximum Gasteiger partial charge on any atom is 0.160 e. The van der Waals surface area contributed by atoms with Crippen LogP contribution in [0.15, 0.2) is 218 Å². The highest BCUT2D eigenvalue weighted by molar-refractivity contribution is 6.09. The van der Waals surface area contributed by atoms with Crippen molar-refractivity contribution in [3.8, 4) is 28.2 Å². The van der Waals surface area contributed by atoms with Gasteiger partial charge in [0.25, 0.3) is 0 Å². The first-order chi connectivity index (χ1) is 28.6. The third-order valence-electron chi connectivity index (χ3n) is 11.2. The SMILES string of the molecule is C/C=C\C1C(C)=CC=CC1c1cc(C2=CCC=C(c3ccccccc(-c4ccc(-n5c6ccccc6c6ccccc65)cc4)cc3)C=C2)nc(-c2ccccc2)n1. The summed E-state index contributed by atoms with van der Waals surface area (Å²) < 4.78 is 2.36. The average molecular weight is 748 g/mol. The van der Waals surface area contributed by atoms with Crippen LogP contribution in [0.4, 0.5) is 0 Å². The highest BCUT2D eigenvalue weighted by Gasteiger charge is 2.25. The molecule has 0 saturated heterocycles. The van der Waals surface area contributed by atoms with Gasteiger partial charge in [0.05, 0.1) is 22.4 Å². The van der Waals surface area contributed by atoms with Crippen molar-refractivity contribution in [3.63, 3.8) is 0 Å². The van der Waals surface area contributed by atoms with E-state index in [1.165, 1.54) is 33.0 Å². The molecule has 2 aliphatic rings. The summed E-state index contributed by atoms with van der Waals surface area (Å²) in [6.07, 6.45) is 20.9. The number of aromatic nitrogens is 3. The number of rotatable bonds is 7. The molecule has 0 N–H and O–H groups in total. The lowest BCUT2D eigenvalue weighted by Gasteiger charge is -2.26. The van der Waals surface area contributed by atoms with Crippen molar-refractivity contribution in [2.45, 2.75) is 26.2 Å². The van der Waals surface area contributed by atoms with E-state index >= 15 is 0 Å². The second kappa shape index (κ2) is 16.6. The fraction of sp³-hybridized carbons (Fsp3) is 0.0909. The second-order valence-corrected chi connectivity index (χ2v) is 14.9. The molecule has 2 atom stereocenters. The normalized spacial score (nSPS) is 16.5. The molecule has 3 nitrogen and oxygen atoms in total. The Bertz CT molecular complexity index is 2830. The van der Waals surface area contributed by atoms with E-state index in [0.717, 1.165) is 57.1 Å². The Balaban J connectivity index is 1.03. The first-order valence-electron chi connectivity index (χ1n) is 20.2. The van der Waals surface area contributed by atoms with Gasteiger partial charge in [-0.2, -0.15) is 0 Å². The molecule has 2 unspecified atom stereocenters. The molecule has 9 rings (SSSR count). The van der Waals surface area contributed by atoms with Crippen LogP contribution in [0.1, 0.15) is 43.1 Å². The van der Waals surface area contributed by atoms with Gasteiger partial charge in [0.2, 0.25) is 0 Å². The quantitative estimate of drug-likeness (QED) is 0.152. The smallest absolute Gasteiger partial charge is 0.160 e. The highest BCUT2D eigenvalue weighted by Crippen LogP contribution is 2.37. The van der Waals surface area contributed by atoms with Crippen molar-refractivity contribution >= 4 is 33.0 Å². The molecule has 0 bridgehead atoms. The number of nitrogens with zero attached hydrogens (tertiary/aromatic N) is 3. The molecule has 5 aromatic carbocycles. The summed E-state index contributed by atoms with van der Waals surface area (Å²) in [7, 11) is 0. The van der Waals surface area contributed by atoms with E-state index in [0.29, 0.717) is 0 Å². The van der Waals surface area contributed by atoms with Gasteiger partial charge in [-0.3, -0.25) is 0 Å². The van der Waals surface area contributed by atoms with Crippen molar-refractivity contribution in [1.29, 1.82) is 0 Å². The van der Waals surface area contributed by atoms with E-state index in [-0.39, 0.29) is 11.8 Å². The van der Waals surface area contributed by atoms with Gasteiger partial charge in [0.1, 0.15) is 0 Å². The summed E-state index contributed by atoms with van der Waals surface area (Å²) in [6, 6.07) is 56.0. The van der Waals surface area contributed by atoms with Crippen LogP contribution in [0.5, 0.6) is 0 Å². The first kappa shape index (κ1) is 36.5.